The number of rotatable bonds is 6. The topological polar surface area (TPSA) is 67.1 Å². The third-order valence-corrected chi connectivity index (χ3v) is 4.58. The van der Waals surface area contributed by atoms with Crippen LogP contribution in [0.4, 0.5) is 5.82 Å². The first-order valence-electron chi connectivity index (χ1n) is 8.25. The third-order valence-electron chi connectivity index (χ3n) is 4.58. The minimum atomic E-state index is -0.195. The number of hydrogen-bond acceptors (Lipinski definition) is 5. The van der Waals surface area contributed by atoms with Crippen LogP contribution >= 0.6 is 0 Å². The summed E-state index contributed by atoms with van der Waals surface area (Å²) in [4.78, 5) is 15.6. The average molecular weight is 313 g/mol. The summed E-state index contributed by atoms with van der Waals surface area (Å²) in [6.45, 7) is 4.24. The van der Waals surface area contributed by atoms with Crippen LogP contribution in [0, 0.1) is 18.3 Å². The Morgan fingerprint density at radius 2 is 2.30 bits per heavy atom. The van der Waals surface area contributed by atoms with Gasteiger partial charge in [-0.3, -0.25) is 0 Å². The number of fused-ring (bicyclic) bond motifs is 1. The van der Waals surface area contributed by atoms with Gasteiger partial charge in [0.15, 0.2) is 17.0 Å². The zero-order chi connectivity index (χ0) is 16.2. The van der Waals surface area contributed by atoms with Crippen molar-refractivity contribution in [3.63, 3.8) is 0 Å². The molecule has 122 valence electrons. The zero-order valence-electron chi connectivity index (χ0n) is 13.5. The monoisotopic (exact) mass is 313 g/mol. The molecule has 0 spiro atoms. The molecule has 3 heterocycles. The van der Waals surface area contributed by atoms with Crippen LogP contribution in [0.25, 0.3) is 11.2 Å². The summed E-state index contributed by atoms with van der Waals surface area (Å²) in [5.41, 5.74) is 1.53. The van der Waals surface area contributed by atoms with Gasteiger partial charge >= 0.3 is 0 Å². The van der Waals surface area contributed by atoms with Crippen LogP contribution in [0.15, 0.2) is 12.7 Å². The van der Waals surface area contributed by atoms with E-state index in [4.69, 9.17) is 6.42 Å². The van der Waals surface area contributed by atoms with Crippen LogP contribution in [0.3, 0.4) is 0 Å². The molecule has 0 radical (unpaired) electrons. The van der Waals surface area contributed by atoms with Crippen LogP contribution in [0.5, 0.6) is 0 Å². The second-order valence-electron chi connectivity index (χ2n) is 6.16. The molecule has 0 amide bonds. The van der Waals surface area contributed by atoms with Gasteiger partial charge in [0.05, 0.1) is 19.0 Å². The van der Waals surface area contributed by atoms with Crippen LogP contribution in [0.2, 0.25) is 0 Å². The van der Waals surface area contributed by atoms with Crippen molar-refractivity contribution in [3.8, 4) is 12.3 Å². The molecule has 0 saturated carbocycles. The van der Waals surface area contributed by atoms with Gasteiger partial charge in [-0.1, -0.05) is 13.3 Å². The van der Waals surface area contributed by atoms with Gasteiger partial charge in [-0.25, -0.2) is 15.0 Å². The Hall–Kier alpha value is -2.13. The van der Waals surface area contributed by atoms with Crippen LogP contribution in [0.1, 0.15) is 38.6 Å². The smallest absolute Gasteiger partial charge is 0.165 e. The van der Waals surface area contributed by atoms with Crippen molar-refractivity contribution in [2.24, 2.45) is 5.92 Å². The number of hydrogen-bond donors (Lipinski definition) is 1. The van der Waals surface area contributed by atoms with E-state index >= 15 is 0 Å². The number of aliphatic hydroxyl groups is 1. The van der Waals surface area contributed by atoms with Gasteiger partial charge in [0.2, 0.25) is 0 Å². The molecule has 1 aliphatic rings. The van der Waals surface area contributed by atoms with Gasteiger partial charge in [0.25, 0.3) is 0 Å². The zero-order valence-corrected chi connectivity index (χ0v) is 13.5. The maximum Gasteiger partial charge on any atom is 0.165 e. The lowest BCUT2D eigenvalue weighted by Crippen LogP contribution is -2.21. The van der Waals surface area contributed by atoms with E-state index in [1.807, 2.05) is 4.57 Å². The Labute approximate surface area is 136 Å². The molecule has 0 aromatic carbocycles. The molecule has 1 N–H and O–H groups in total. The molecular weight excluding hydrogens is 290 g/mol. The molecular formula is C17H23N5O. The van der Waals surface area contributed by atoms with Crippen molar-refractivity contribution < 1.29 is 5.11 Å². The van der Waals surface area contributed by atoms with Crippen molar-refractivity contribution >= 4 is 17.0 Å². The Morgan fingerprint density at radius 1 is 1.43 bits per heavy atom. The first kappa shape index (κ1) is 15.8. The number of aliphatic hydroxyl groups excluding tert-OH is 1. The largest absolute Gasteiger partial charge is 0.394 e. The highest BCUT2D eigenvalue weighted by molar-refractivity contribution is 5.83. The molecule has 0 aliphatic carbocycles. The van der Waals surface area contributed by atoms with E-state index in [1.54, 1.807) is 12.7 Å². The van der Waals surface area contributed by atoms with Gasteiger partial charge in [-0.2, -0.15) is 0 Å². The first-order valence-corrected chi connectivity index (χ1v) is 8.25. The Kier molecular flexibility index (Phi) is 4.77. The van der Waals surface area contributed by atoms with E-state index in [-0.39, 0.29) is 12.6 Å². The van der Waals surface area contributed by atoms with E-state index in [0.29, 0.717) is 6.42 Å². The quantitative estimate of drug-likeness (QED) is 0.826. The van der Waals surface area contributed by atoms with E-state index in [1.165, 1.54) is 19.3 Å². The Morgan fingerprint density at radius 3 is 3.04 bits per heavy atom. The summed E-state index contributed by atoms with van der Waals surface area (Å²) in [7, 11) is 0. The van der Waals surface area contributed by atoms with E-state index in [2.05, 4.69) is 32.7 Å². The SMILES string of the molecule is C#CCC(CO)n1cnc2c(N3CCC(CCC)C3)ncnc21. The molecule has 6 nitrogen and oxygen atoms in total. The lowest BCUT2D eigenvalue weighted by Gasteiger charge is -2.18. The predicted molar refractivity (Wildman–Crippen MR) is 90.1 cm³/mol. The number of anilines is 1. The maximum atomic E-state index is 9.57. The summed E-state index contributed by atoms with van der Waals surface area (Å²) in [6, 6.07) is -0.195. The molecule has 1 saturated heterocycles. The fourth-order valence-electron chi connectivity index (χ4n) is 3.39. The molecule has 2 aromatic rings. The minimum absolute atomic E-state index is 0.0305. The average Bonchev–Trinajstić information content (AvgIpc) is 3.20. The summed E-state index contributed by atoms with van der Waals surface area (Å²) in [5.74, 6) is 4.23. The van der Waals surface area contributed by atoms with Crippen molar-refractivity contribution in [2.45, 2.75) is 38.6 Å². The second-order valence-corrected chi connectivity index (χ2v) is 6.16. The molecule has 0 bridgehead atoms. The highest BCUT2D eigenvalue weighted by Crippen LogP contribution is 2.30. The maximum absolute atomic E-state index is 9.57. The Bertz CT molecular complexity index is 705. The molecule has 1 aliphatic heterocycles. The van der Waals surface area contributed by atoms with Crippen molar-refractivity contribution in [1.82, 2.24) is 19.5 Å². The standard InChI is InChI=1S/C17H23N5O/c1-3-5-13-7-8-21(9-13)16-15-17(19-11-18-16)22(12-20-15)14(10-23)6-4-2/h2,11-14,23H,3,5-10H2,1H3. The normalized spacial score (nSPS) is 19.2. The minimum Gasteiger partial charge on any atom is -0.394 e. The van der Waals surface area contributed by atoms with Gasteiger partial charge in [0, 0.05) is 19.5 Å². The molecule has 1 fully saturated rings. The number of aromatic nitrogens is 4. The fourth-order valence-corrected chi connectivity index (χ4v) is 3.39. The molecule has 2 atom stereocenters. The highest BCUT2D eigenvalue weighted by Gasteiger charge is 2.26. The summed E-state index contributed by atoms with van der Waals surface area (Å²) < 4.78 is 1.86. The second kappa shape index (κ2) is 6.97. The third kappa shape index (κ3) is 3.02. The number of nitrogens with zero attached hydrogens (tertiary/aromatic N) is 5. The lowest BCUT2D eigenvalue weighted by atomic mass is 10.0. The predicted octanol–water partition coefficient (Wildman–Crippen LogP) is 2.01. The highest BCUT2D eigenvalue weighted by atomic mass is 16.3. The lowest BCUT2D eigenvalue weighted by molar-refractivity contribution is 0.232. The van der Waals surface area contributed by atoms with Gasteiger partial charge < -0.3 is 14.6 Å². The number of terminal acetylenes is 1. The van der Waals surface area contributed by atoms with E-state index < -0.39 is 0 Å². The van der Waals surface area contributed by atoms with Crippen LogP contribution < -0.4 is 4.90 Å². The van der Waals surface area contributed by atoms with Crippen LogP contribution in [-0.2, 0) is 0 Å². The molecule has 2 unspecified atom stereocenters. The van der Waals surface area contributed by atoms with E-state index in [9.17, 15) is 5.11 Å². The van der Waals surface area contributed by atoms with Gasteiger partial charge in [-0.15, -0.1) is 12.3 Å². The molecule has 3 rings (SSSR count). The fraction of sp³-hybridized carbons (Fsp3) is 0.588. The first-order chi connectivity index (χ1) is 11.3. The molecule has 23 heavy (non-hydrogen) atoms. The van der Waals surface area contributed by atoms with Gasteiger partial charge in [0.1, 0.15) is 6.33 Å². The molecule has 2 aromatic heterocycles. The van der Waals surface area contributed by atoms with Crippen molar-refractivity contribution in [1.29, 1.82) is 0 Å². The van der Waals surface area contributed by atoms with Crippen molar-refractivity contribution in [3.05, 3.63) is 12.7 Å². The van der Waals surface area contributed by atoms with Crippen LogP contribution in [-0.4, -0.2) is 44.3 Å². The summed E-state index contributed by atoms with van der Waals surface area (Å²) in [5, 5.41) is 9.57. The Balaban J connectivity index is 1.92. The molecule has 6 heteroatoms. The number of imidazole rings is 1. The van der Waals surface area contributed by atoms with E-state index in [0.717, 1.165) is 36.0 Å². The summed E-state index contributed by atoms with van der Waals surface area (Å²) in [6.07, 6.45) is 12.8. The van der Waals surface area contributed by atoms with Crippen molar-refractivity contribution in [2.75, 3.05) is 24.6 Å². The summed E-state index contributed by atoms with van der Waals surface area (Å²) >= 11 is 0. The van der Waals surface area contributed by atoms with Gasteiger partial charge in [-0.05, 0) is 18.8 Å².